The van der Waals surface area contributed by atoms with Crippen molar-refractivity contribution in [3.05, 3.63) is 33.6 Å². The Labute approximate surface area is 132 Å². The monoisotopic (exact) mass is 322 g/mol. The molecule has 23 heavy (non-hydrogen) atoms. The first-order valence-corrected chi connectivity index (χ1v) is 7.82. The van der Waals surface area contributed by atoms with Gasteiger partial charge in [0.15, 0.2) is 5.78 Å². The minimum absolute atomic E-state index is 0.126. The van der Waals surface area contributed by atoms with Gasteiger partial charge in [0.05, 0.1) is 16.9 Å². The highest BCUT2D eigenvalue weighted by Crippen LogP contribution is 2.39. The van der Waals surface area contributed by atoms with Crippen molar-refractivity contribution in [2.75, 3.05) is 0 Å². The third-order valence-corrected chi connectivity index (χ3v) is 4.74. The average Bonchev–Trinajstić information content (AvgIpc) is 2.71. The van der Waals surface area contributed by atoms with E-state index < -0.39 is 5.92 Å². The molecule has 0 saturated heterocycles. The lowest BCUT2D eigenvalue weighted by atomic mass is 9.92. The van der Waals surface area contributed by atoms with Crippen molar-refractivity contribution in [1.29, 1.82) is 0 Å². The van der Waals surface area contributed by atoms with Crippen LogP contribution < -0.4 is 5.56 Å². The van der Waals surface area contributed by atoms with Crippen molar-refractivity contribution >= 4 is 16.7 Å². The molecule has 0 bridgehead atoms. The molecule has 6 heteroatoms. The molecule has 0 atom stereocenters. The van der Waals surface area contributed by atoms with Crippen molar-refractivity contribution < 1.29 is 13.6 Å². The Bertz CT molecular complexity index is 838. The van der Waals surface area contributed by atoms with E-state index in [9.17, 15) is 18.4 Å². The Morgan fingerprint density at radius 2 is 1.87 bits per heavy atom. The smallest absolute Gasteiger partial charge is 0.274 e. The number of carbonyl (C=O) groups excluding carboxylic acids is 1. The van der Waals surface area contributed by atoms with Crippen LogP contribution in [-0.4, -0.2) is 21.1 Å². The largest absolute Gasteiger partial charge is 0.294 e. The van der Waals surface area contributed by atoms with Gasteiger partial charge in [-0.2, -0.15) is 0 Å². The molecule has 1 saturated carbocycles. The van der Waals surface area contributed by atoms with Crippen LogP contribution in [0.3, 0.4) is 0 Å². The molecule has 0 aliphatic heterocycles. The predicted octanol–water partition coefficient (Wildman–Crippen LogP) is 3.60. The normalized spacial score (nSPS) is 18.5. The standard InChI is InChI=1S/C17H20F2N2O2/c1-10-8-13(11(2)22)15-14(9-10)16(23)20(3)21(15)12-4-6-17(18,19)7-5-12/h8-9,12H,4-7H2,1-3H3. The first-order valence-electron chi connectivity index (χ1n) is 7.82. The summed E-state index contributed by atoms with van der Waals surface area (Å²) < 4.78 is 30.1. The second kappa shape index (κ2) is 5.28. The minimum Gasteiger partial charge on any atom is -0.294 e. The van der Waals surface area contributed by atoms with Crippen LogP contribution >= 0.6 is 0 Å². The molecule has 1 aliphatic carbocycles. The van der Waals surface area contributed by atoms with E-state index in [4.69, 9.17) is 0 Å². The number of ketones is 1. The van der Waals surface area contributed by atoms with Crippen LogP contribution in [0.1, 0.15) is 54.6 Å². The van der Waals surface area contributed by atoms with Gasteiger partial charge in [0.25, 0.3) is 5.56 Å². The zero-order chi connectivity index (χ0) is 16.9. The van der Waals surface area contributed by atoms with E-state index in [0.29, 0.717) is 29.3 Å². The summed E-state index contributed by atoms with van der Waals surface area (Å²) in [6.45, 7) is 3.30. The van der Waals surface area contributed by atoms with Gasteiger partial charge in [-0.15, -0.1) is 0 Å². The molecule has 0 spiro atoms. The summed E-state index contributed by atoms with van der Waals surface area (Å²) in [6.07, 6.45) is 0.226. The molecule has 0 amide bonds. The molecule has 2 aromatic rings. The Morgan fingerprint density at radius 1 is 1.26 bits per heavy atom. The number of aryl methyl sites for hydroxylation is 1. The second-order valence-electron chi connectivity index (χ2n) is 6.53. The molecule has 4 nitrogen and oxygen atoms in total. The van der Waals surface area contributed by atoms with E-state index in [-0.39, 0.29) is 30.2 Å². The lowest BCUT2D eigenvalue weighted by Crippen LogP contribution is -2.30. The number of fused-ring (bicyclic) bond motifs is 1. The van der Waals surface area contributed by atoms with Gasteiger partial charge < -0.3 is 0 Å². The molecule has 1 aromatic carbocycles. The highest BCUT2D eigenvalue weighted by atomic mass is 19.3. The Morgan fingerprint density at radius 3 is 2.43 bits per heavy atom. The van der Waals surface area contributed by atoms with Crippen LogP contribution in [0.5, 0.6) is 0 Å². The molecular formula is C17H20F2N2O2. The van der Waals surface area contributed by atoms with Crippen LogP contribution in [0, 0.1) is 6.92 Å². The van der Waals surface area contributed by atoms with Gasteiger partial charge in [-0.3, -0.25) is 19.0 Å². The van der Waals surface area contributed by atoms with Gasteiger partial charge in [0.2, 0.25) is 5.92 Å². The van der Waals surface area contributed by atoms with E-state index in [0.717, 1.165) is 5.56 Å². The SMILES string of the molecule is CC(=O)c1cc(C)cc2c(=O)n(C)n(C3CCC(F)(F)CC3)c12. The Hall–Kier alpha value is -1.98. The number of nitrogens with zero attached hydrogens (tertiary/aromatic N) is 2. The zero-order valence-electron chi connectivity index (χ0n) is 13.5. The van der Waals surface area contributed by atoms with Crippen molar-refractivity contribution in [2.24, 2.45) is 7.05 Å². The van der Waals surface area contributed by atoms with Gasteiger partial charge in [-0.05, 0) is 44.4 Å². The number of aromatic nitrogens is 2. The zero-order valence-corrected chi connectivity index (χ0v) is 13.5. The summed E-state index contributed by atoms with van der Waals surface area (Å²) in [6, 6.07) is 3.33. The van der Waals surface area contributed by atoms with Gasteiger partial charge in [0.1, 0.15) is 0 Å². The maximum absolute atomic E-state index is 13.4. The summed E-state index contributed by atoms with van der Waals surface area (Å²) in [5.74, 6) is -2.75. The number of alkyl halides is 2. The molecule has 1 aliphatic rings. The molecule has 1 aromatic heterocycles. The highest BCUT2D eigenvalue weighted by Gasteiger charge is 2.37. The number of Topliss-reactive ketones (excluding diaryl/α,β-unsaturated/α-hetero) is 1. The maximum Gasteiger partial charge on any atom is 0.274 e. The van der Waals surface area contributed by atoms with Gasteiger partial charge >= 0.3 is 0 Å². The number of carbonyl (C=O) groups is 1. The summed E-state index contributed by atoms with van der Waals surface area (Å²) >= 11 is 0. The molecule has 3 rings (SSSR count). The van der Waals surface area contributed by atoms with Crippen molar-refractivity contribution in [1.82, 2.24) is 9.36 Å². The van der Waals surface area contributed by atoms with E-state index >= 15 is 0 Å². The van der Waals surface area contributed by atoms with Gasteiger partial charge in [-0.1, -0.05) is 0 Å². The predicted molar refractivity (Wildman–Crippen MR) is 84.4 cm³/mol. The minimum atomic E-state index is -2.63. The molecule has 0 N–H and O–H groups in total. The van der Waals surface area contributed by atoms with E-state index in [1.165, 1.54) is 11.6 Å². The van der Waals surface area contributed by atoms with Crippen molar-refractivity contribution in [3.8, 4) is 0 Å². The van der Waals surface area contributed by atoms with Crippen LogP contribution in [0.4, 0.5) is 8.78 Å². The van der Waals surface area contributed by atoms with Gasteiger partial charge in [-0.25, -0.2) is 8.78 Å². The maximum atomic E-state index is 13.4. The molecule has 0 radical (unpaired) electrons. The van der Waals surface area contributed by atoms with Crippen LogP contribution in [0.15, 0.2) is 16.9 Å². The fourth-order valence-corrected chi connectivity index (χ4v) is 3.58. The van der Waals surface area contributed by atoms with Gasteiger partial charge in [0, 0.05) is 25.5 Å². The third kappa shape index (κ3) is 2.60. The van der Waals surface area contributed by atoms with E-state index in [1.807, 2.05) is 6.92 Å². The third-order valence-electron chi connectivity index (χ3n) is 4.74. The van der Waals surface area contributed by atoms with Crippen LogP contribution in [-0.2, 0) is 7.05 Å². The highest BCUT2D eigenvalue weighted by molar-refractivity contribution is 6.06. The first kappa shape index (κ1) is 15.9. The number of halogens is 2. The topological polar surface area (TPSA) is 44.0 Å². The number of benzene rings is 1. The fourth-order valence-electron chi connectivity index (χ4n) is 3.58. The Kier molecular flexibility index (Phi) is 3.65. The van der Waals surface area contributed by atoms with Crippen LogP contribution in [0.2, 0.25) is 0 Å². The Balaban J connectivity index is 2.23. The number of rotatable bonds is 2. The lowest BCUT2D eigenvalue weighted by Gasteiger charge is -2.30. The number of hydrogen-bond donors (Lipinski definition) is 0. The molecule has 1 fully saturated rings. The van der Waals surface area contributed by atoms with Crippen molar-refractivity contribution in [3.63, 3.8) is 0 Å². The summed E-state index contributed by atoms with van der Waals surface area (Å²) in [7, 11) is 1.63. The van der Waals surface area contributed by atoms with Crippen LogP contribution in [0.25, 0.3) is 10.9 Å². The average molecular weight is 322 g/mol. The first-order chi connectivity index (χ1) is 10.7. The molecular weight excluding hydrogens is 302 g/mol. The summed E-state index contributed by atoms with van der Waals surface area (Å²) in [4.78, 5) is 24.6. The van der Waals surface area contributed by atoms with E-state index in [1.54, 1.807) is 23.9 Å². The summed E-state index contributed by atoms with van der Waals surface area (Å²) in [5, 5.41) is 0.482. The molecule has 124 valence electrons. The van der Waals surface area contributed by atoms with E-state index in [2.05, 4.69) is 0 Å². The van der Waals surface area contributed by atoms with Crippen molar-refractivity contribution in [2.45, 2.75) is 51.5 Å². The molecule has 1 heterocycles. The lowest BCUT2D eigenvalue weighted by molar-refractivity contribution is -0.0455. The fraction of sp³-hybridized carbons (Fsp3) is 0.529. The number of hydrogen-bond acceptors (Lipinski definition) is 2. The molecule has 0 unspecified atom stereocenters. The second-order valence-corrected chi connectivity index (χ2v) is 6.53. The quantitative estimate of drug-likeness (QED) is 0.793. The summed E-state index contributed by atoms with van der Waals surface area (Å²) in [5.41, 5.74) is 1.71.